The first-order valence-corrected chi connectivity index (χ1v) is 2.75. The van der Waals surface area contributed by atoms with E-state index in [1.54, 1.807) is 14.0 Å². The van der Waals surface area contributed by atoms with Gasteiger partial charge in [0, 0.05) is 6.08 Å². The van der Waals surface area contributed by atoms with Crippen LogP contribution in [0, 0.1) is 0 Å². The predicted molar refractivity (Wildman–Crippen MR) is 38.6 cm³/mol. The molecule has 0 aromatic heterocycles. The van der Waals surface area contributed by atoms with Gasteiger partial charge in [-0.3, -0.25) is 5.32 Å². The average Bonchev–Trinajstić information content (AvgIpc) is 1.89. The predicted octanol–water partition coefficient (Wildman–Crippen LogP) is -0.199. The van der Waals surface area contributed by atoms with Gasteiger partial charge in [0.25, 0.3) is 0 Å². The number of hydrogen-bond acceptors (Lipinski definition) is 3. The van der Waals surface area contributed by atoms with E-state index in [-0.39, 0.29) is 6.23 Å². The fraction of sp³-hybridized carbons (Fsp3) is 0.500. The van der Waals surface area contributed by atoms with Crippen molar-refractivity contribution in [1.82, 2.24) is 5.32 Å². The van der Waals surface area contributed by atoms with Crippen molar-refractivity contribution in [3.63, 3.8) is 0 Å². The van der Waals surface area contributed by atoms with Crippen LogP contribution in [0.1, 0.15) is 6.92 Å². The van der Waals surface area contributed by atoms with E-state index >= 15 is 0 Å². The minimum absolute atomic E-state index is 0.366. The second-order valence-corrected chi connectivity index (χ2v) is 1.51. The Morgan fingerprint density at radius 2 is 2.00 bits per heavy atom. The zero-order valence-electron chi connectivity index (χ0n) is 6.16. The zero-order valence-corrected chi connectivity index (χ0v) is 6.16. The van der Waals surface area contributed by atoms with Crippen LogP contribution in [0.3, 0.4) is 0 Å². The molecule has 0 aromatic rings. The number of carboxylic acids is 1. The lowest BCUT2D eigenvalue weighted by Crippen LogP contribution is -2.19. The summed E-state index contributed by atoms with van der Waals surface area (Å²) in [5.74, 6) is -0.981. The molecule has 4 heteroatoms. The van der Waals surface area contributed by atoms with Crippen LogP contribution in [0.25, 0.3) is 0 Å². The zero-order chi connectivity index (χ0) is 8.57. The normalized spacial score (nSPS) is 10.7. The molecule has 0 saturated carbocycles. The summed E-state index contributed by atoms with van der Waals surface area (Å²) in [6.45, 7) is 4.63. The smallest absolute Gasteiger partial charge is 0.327 e. The van der Waals surface area contributed by atoms with E-state index in [0.29, 0.717) is 0 Å². The second-order valence-electron chi connectivity index (χ2n) is 1.51. The van der Waals surface area contributed by atoms with Crippen molar-refractivity contribution in [3.05, 3.63) is 12.7 Å². The molecule has 0 spiro atoms. The van der Waals surface area contributed by atoms with Crippen LogP contribution < -0.4 is 5.32 Å². The molecule has 1 atom stereocenters. The third-order valence-electron chi connectivity index (χ3n) is 0.592. The molecule has 10 heavy (non-hydrogen) atoms. The first-order valence-electron chi connectivity index (χ1n) is 2.75. The third-order valence-corrected chi connectivity index (χ3v) is 0.592. The largest absolute Gasteiger partial charge is 0.478 e. The van der Waals surface area contributed by atoms with Crippen molar-refractivity contribution in [3.8, 4) is 0 Å². The number of nitrogens with one attached hydrogen (secondary N) is 1. The van der Waals surface area contributed by atoms with Gasteiger partial charge in [-0.05, 0) is 14.0 Å². The maximum Gasteiger partial charge on any atom is 0.327 e. The molecular formula is C6H13NO3. The number of aliphatic hydroxyl groups excluding tert-OH is 1. The van der Waals surface area contributed by atoms with Crippen molar-refractivity contribution in [2.24, 2.45) is 0 Å². The van der Waals surface area contributed by atoms with E-state index in [1.165, 1.54) is 0 Å². The van der Waals surface area contributed by atoms with E-state index < -0.39 is 5.97 Å². The van der Waals surface area contributed by atoms with Gasteiger partial charge in [-0.15, -0.1) is 0 Å². The molecule has 4 nitrogen and oxygen atoms in total. The summed E-state index contributed by atoms with van der Waals surface area (Å²) in [5.41, 5.74) is 0. The molecule has 0 aliphatic carbocycles. The average molecular weight is 147 g/mol. The van der Waals surface area contributed by atoms with Gasteiger partial charge in [0.05, 0.1) is 0 Å². The topological polar surface area (TPSA) is 69.6 Å². The van der Waals surface area contributed by atoms with Gasteiger partial charge in [-0.25, -0.2) is 4.79 Å². The van der Waals surface area contributed by atoms with Gasteiger partial charge in [0.2, 0.25) is 0 Å². The minimum Gasteiger partial charge on any atom is -0.478 e. The fourth-order valence-electron chi connectivity index (χ4n) is 0. The molecule has 0 aliphatic rings. The van der Waals surface area contributed by atoms with Gasteiger partial charge in [-0.1, -0.05) is 6.58 Å². The minimum atomic E-state index is -0.981. The maximum absolute atomic E-state index is 9.25. The maximum atomic E-state index is 9.25. The third kappa shape index (κ3) is 27.3. The SMILES string of the molecule is C=CC(=O)O.CNC(C)O. The van der Waals surface area contributed by atoms with Gasteiger partial charge < -0.3 is 10.2 Å². The number of hydrogen-bond donors (Lipinski definition) is 3. The summed E-state index contributed by atoms with van der Waals surface area (Å²) in [5, 5.41) is 18.4. The quantitative estimate of drug-likeness (QED) is 0.374. The Balaban J connectivity index is 0. The van der Waals surface area contributed by atoms with Gasteiger partial charge in [-0.2, -0.15) is 0 Å². The Hall–Kier alpha value is -0.870. The highest BCUT2D eigenvalue weighted by atomic mass is 16.4. The van der Waals surface area contributed by atoms with Gasteiger partial charge >= 0.3 is 5.97 Å². The van der Waals surface area contributed by atoms with E-state index in [2.05, 4.69) is 11.9 Å². The molecule has 3 N–H and O–H groups in total. The van der Waals surface area contributed by atoms with Gasteiger partial charge in [0.1, 0.15) is 6.23 Å². The summed E-state index contributed by atoms with van der Waals surface area (Å²) in [6, 6.07) is 0. The van der Waals surface area contributed by atoms with Crippen LogP contribution in [0.15, 0.2) is 12.7 Å². The highest BCUT2D eigenvalue weighted by Crippen LogP contribution is 1.59. The van der Waals surface area contributed by atoms with E-state index in [9.17, 15) is 4.79 Å². The summed E-state index contributed by atoms with van der Waals surface area (Å²) in [4.78, 5) is 9.25. The number of aliphatic hydroxyl groups is 1. The number of aliphatic carboxylic acids is 1. The number of rotatable bonds is 2. The van der Waals surface area contributed by atoms with Crippen LogP contribution in [0.5, 0.6) is 0 Å². The second kappa shape index (κ2) is 8.13. The molecule has 0 amide bonds. The lowest BCUT2D eigenvalue weighted by molar-refractivity contribution is -0.131. The Morgan fingerprint density at radius 1 is 1.80 bits per heavy atom. The molecule has 0 aliphatic heterocycles. The fourth-order valence-corrected chi connectivity index (χ4v) is 0. The monoisotopic (exact) mass is 147 g/mol. The first-order chi connectivity index (χ1) is 4.54. The summed E-state index contributed by atoms with van der Waals surface area (Å²) < 4.78 is 0. The van der Waals surface area contributed by atoms with Crippen molar-refractivity contribution in [2.75, 3.05) is 7.05 Å². The van der Waals surface area contributed by atoms with Gasteiger partial charge in [0.15, 0.2) is 0 Å². The van der Waals surface area contributed by atoms with E-state index in [1.807, 2.05) is 0 Å². The van der Waals surface area contributed by atoms with Crippen LogP contribution in [0.4, 0.5) is 0 Å². The number of carboxylic acid groups (broad SMARTS) is 1. The molecule has 60 valence electrons. The molecule has 0 heterocycles. The van der Waals surface area contributed by atoms with E-state index in [0.717, 1.165) is 6.08 Å². The highest BCUT2D eigenvalue weighted by molar-refractivity contribution is 5.78. The first kappa shape index (κ1) is 11.9. The molecule has 0 aromatic carbocycles. The Bertz CT molecular complexity index is 101. The Labute approximate surface area is 60.2 Å². The summed E-state index contributed by atoms with van der Waals surface area (Å²) >= 11 is 0. The Morgan fingerprint density at radius 3 is 2.00 bits per heavy atom. The summed E-state index contributed by atoms with van der Waals surface area (Å²) in [6.07, 6.45) is 0.468. The van der Waals surface area contributed by atoms with E-state index in [4.69, 9.17) is 10.2 Å². The molecule has 0 saturated heterocycles. The highest BCUT2D eigenvalue weighted by Gasteiger charge is 1.78. The molecule has 0 bridgehead atoms. The van der Waals surface area contributed by atoms with Crippen molar-refractivity contribution in [1.29, 1.82) is 0 Å². The molecule has 0 rings (SSSR count). The molecular weight excluding hydrogens is 134 g/mol. The summed E-state index contributed by atoms with van der Waals surface area (Å²) in [7, 11) is 1.70. The van der Waals surface area contributed by atoms with Crippen LogP contribution in [-0.2, 0) is 4.79 Å². The molecule has 0 radical (unpaired) electrons. The van der Waals surface area contributed by atoms with Crippen LogP contribution in [-0.4, -0.2) is 29.5 Å². The van der Waals surface area contributed by atoms with Crippen molar-refractivity contribution < 1.29 is 15.0 Å². The lowest BCUT2D eigenvalue weighted by atomic mass is 10.7. The van der Waals surface area contributed by atoms with Crippen LogP contribution in [0.2, 0.25) is 0 Å². The lowest BCUT2D eigenvalue weighted by Gasteiger charge is -1.94. The van der Waals surface area contributed by atoms with Crippen molar-refractivity contribution in [2.45, 2.75) is 13.2 Å². The number of carbonyl (C=O) groups is 1. The van der Waals surface area contributed by atoms with Crippen LogP contribution >= 0.6 is 0 Å². The molecule has 0 fully saturated rings. The van der Waals surface area contributed by atoms with Crippen molar-refractivity contribution >= 4 is 5.97 Å². The standard InChI is InChI=1S/C3H9NO.C3H4O2/c1-3(5)4-2;1-2-3(4)5/h3-5H,1-2H3;2H,1H2,(H,4,5). The Kier molecular flexibility index (Phi) is 9.65. The molecule has 1 unspecified atom stereocenters.